The Hall–Kier alpha value is -3.38. The van der Waals surface area contributed by atoms with Crippen LogP contribution in [-0.4, -0.2) is 93.8 Å². The van der Waals surface area contributed by atoms with Crippen LogP contribution in [0.2, 0.25) is 0 Å². The molecule has 1 aromatic rings. The van der Waals surface area contributed by atoms with Crippen molar-refractivity contribution in [2.24, 2.45) is 16.5 Å². The monoisotopic (exact) mass is 418 g/mol. The van der Waals surface area contributed by atoms with Crippen LogP contribution in [0.4, 0.5) is 0 Å². The highest BCUT2D eigenvalue weighted by molar-refractivity contribution is 5.92. The number of nitrogens with one attached hydrogen (secondary N) is 2. The predicted molar refractivity (Wildman–Crippen MR) is 104 cm³/mol. The van der Waals surface area contributed by atoms with Gasteiger partial charge in [-0.25, -0.2) is 14.4 Å². The van der Waals surface area contributed by atoms with E-state index >= 15 is 0 Å². The van der Waals surface area contributed by atoms with Crippen molar-refractivity contribution in [3.05, 3.63) is 35.9 Å². The number of esters is 1. The Morgan fingerprint density at radius 1 is 1.27 bits per heavy atom. The zero-order valence-corrected chi connectivity index (χ0v) is 16.4. The number of carbonyl (C=O) groups excluding carboxylic acids is 2. The van der Waals surface area contributed by atoms with E-state index in [9.17, 15) is 19.8 Å². The van der Waals surface area contributed by atoms with E-state index in [4.69, 9.17) is 16.2 Å². The van der Waals surface area contributed by atoms with E-state index in [1.54, 1.807) is 44.4 Å². The summed E-state index contributed by atoms with van der Waals surface area (Å²) in [6.07, 6.45) is -1.41. The number of aliphatic imine (C=N–C) groups is 1. The molecule has 3 aliphatic heterocycles. The summed E-state index contributed by atoms with van der Waals surface area (Å²) >= 11 is 0. The molecule has 1 saturated heterocycles. The fourth-order valence-electron chi connectivity index (χ4n) is 4.25. The van der Waals surface area contributed by atoms with Gasteiger partial charge in [0.05, 0.1) is 5.56 Å². The summed E-state index contributed by atoms with van der Waals surface area (Å²) in [4.78, 5) is 30.8. The highest BCUT2D eigenvalue weighted by Crippen LogP contribution is 2.42. The summed E-state index contributed by atoms with van der Waals surface area (Å²) in [7, 11) is 3.11. The number of guanidine groups is 2. The minimum atomic E-state index is -2.68. The Morgan fingerprint density at radius 3 is 2.57 bits per heavy atom. The standard InChI is InChI=1S/C18H23N7O5/c1-24(2)13(26)11-12-17(23-15(19)22-12)18(28,29)10(8-25(17)16(20)21-11)30-14(27)9-6-4-3-5-7-9/h3-7,10-12,28-29H,8H2,1-2H3,(H5,19,20,21,22,23)/p+1/t10-,11?,12-,17-/m0/s1. The largest absolute Gasteiger partial charge is 0.449 e. The summed E-state index contributed by atoms with van der Waals surface area (Å²) in [6, 6.07) is 6.07. The average molecular weight is 418 g/mol. The molecular weight excluding hydrogens is 394 g/mol. The van der Waals surface area contributed by atoms with Crippen molar-refractivity contribution in [1.82, 2.24) is 15.5 Å². The Morgan fingerprint density at radius 2 is 1.93 bits per heavy atom. The molecular formula is C18H24N7O5+. The Labute approximate surface area is 171 Å². The molecule has 0 aromatic heterocycles. The average Bonchev–Trinajstić information content (AvgIpc) is 3.16. The molecule has 0 radical (unpaired) electrons. The smallest absolute Gasteiger partial charge is 0.346 e. The first-order chi connectivity index (χ1) is 14.1. The van der Waals surface area contributed by atoms with Gasteiger partial charge >= 0.3 is 11.9 Å². The van der Waals surface area contributed by atoms with E-state index in [0.29, 0.717) is 0 Å². The summed E-state index contributed by atoms with van der Waals surface area (Å²) in [5.41, 5.74) is 10.5. The van der Waals surface area contributed by atoms with Gasteiger partial charge in [0.25, 0.3) is 11.7 Å². The second kappa shape index (κ2) is 6.57. The topological polar surface area (TPSA) is 179 Å². The quantitative estimate of drug-likeness (QED) is 0.164. The molecule has 1 spiro atoms. The van der Waals surface area contributed by atoms with Crippen LogP contribution in [-0.2, 0) is 9.53 Å². The lowest BCUT2D eigenvalue weighted by atomic mass is 9.85. The number of hydrogen-bond donors (Lipinski definition) is 6. The van der Waals surface area contributed by atoms with Gasteiger partial charge in [-0.15, -0.1) is 0 Å². The highest BCUT2D eigenvalue weighted by atomic mass is 16.6. The number of benzene rings is 1. The first kappa shape index (κ1) is 19.9. The van der Waals surface area contributed by atoms with Crippen molar-refractivity contribution in [3.63, 3.8) is 0 Å². The normalized spacial score (nSPS) is 31.1. The first-order valence-electron chi connectivity index (χ1n) is 9.29. The Bertz CT molecular complexity index is 961. The number of nitrogens with two attached hydrogens (primary N) is 2. The zero-order valence-electron chi connectivity index (χ0n) is 16.4. The number of carbonyl (C=O) groups is 2. The van der Waals surface area contributed by atoms with Gasteiger partial charge in [-0.1, -0.05) is 18.2 Å². The van der Waals surface area contributed by atoms with Crippen LogP contribution >= 0.6 is 0 Å². The van der Waals surface area contributed by atoms with Gasteiger partial charge in [0.1, 0.15) is 6.54 Å². The number of rotatable bonds is 3. The Balaban J connectivity index is 1.73. The predicted octanol–water partition coefficient (Wildman–Crippen LogP) is -3.72. The van der Waals surface area contributed by atoms with E-state index in [1.807, 2.05) is 0 Å². The molecule has 3 heterocycles. The van der Waals surface area contributed by atoms with Crippen LogP contribution in [0.25, 0.3) is 0 Å². The van der Waals surface area contributed by atoms with Crippen molar-refractivity contribution in [2.45, 2.75) is 29.6 Å². The zero-order chi connectivity index (χ0) is 21.8. The van der Waals surface area contributed by atoms with Crippen LogP contribution in [0.3, 0.4) is 0 Å². The molecule has 160 valence electrons. The number of amides is 1. The summed E-state index contributed by atoms with van der Waals surface area (Å²) in [5, 5.41) is 28.0. The third kappa shape index (κ3) is 2.60. The molecule has 1 aromatic carbocycles. The molecule has 0 saturated carbocycles. The summed E-state index contributed by atoms with van der Waals surface area (Å²) in [5.74, 6) is -3.90. The highest BCUT2D eigenvalue weighted by Gasteiger charge is 2.76. The van der Waals surface area contributed by atoms with Gasteiger partial charge in [0.2, 0.25) is 5.66 Å². The summed E-state index contributed by atoms with van der Waals surface area (Å²) < 4.78 is 6.81. The fourth-order valence-corrected chi connectivity index (χ4v) is 4.25. The van der Waals surface area contributed by atoms with Gasteiger partial charge in [-0.3, -0.25) is 15.8 Å². The SMILES string of the molecule is CN(C)C(=O)C1NC(N)=[N+]2C[C@H](OC(=O)c3ccccc3)C(O)(O)[C@@]23NC(N)=N[C@@H]13. The molecule has 1 amide bonds. The molecule has 12 nitrogen and oxygen atoms in total. The van der Waals surface area contributed by atoms with Gasteiger partial charge < -0.3 is 30.9 Å². The van der Waals surface area contributed by atoms with Crippen molar-refractivity contribution >= 4 is 23.8 Å². The maximum absolute atomic E-state index is 12.7. The third-order valence-corrected chi connectivity index (χ3v) is 5.68. The molecule has 1 fully saturated rings. The van der Waals surface area contributed by atoms with E-state index in [2.05, 4.69) is 15.6 Å². The fraction of sp³-hybridized carbons (Fsp3) is 0.444. The van der Waals surface area contributed by atoms with Crippen molar-refractivity contribution in [3.8, 4) is 0 Å². The van der Waals surface area contributed by atoms with Gasteiger partial charge in [0.15, 0.2) is 24.1 Å². The molecule has 30 heavy (non-hydrogen) atoms. The molecule has 1 unspecified atom stereocenters. The lowest BCUT2D eigenvalue weighted by molar-refractivity contribution is -0.622. The van der Waals surface area contributed by atoms with E-state index in [0.717, 1.165) is 0 Å². The second-order valence-electron chi connectivity index (χ2n) is 7.69. The maximum Gasteiger partial charge on any atom is 0.346 e. The first-order valence-corrected chi connectivity index (χ1v) is 9.29. The number of nitrogens with zero attached hydrogens (tertiary/aromatic N) is 3. The van der Waals surface area contributed by atoms with Crippen molar-refractivity contribution < 1.29 is 29.1 Å². The van der Waals surface area contributed by atoms with Crippen LogP contribution < -0.4 is 22.1 Å². The third-order valence-electron chi connectivity index (χ3n) is 5.68. The minimum Gasteiger partial charge on any atom is -0.449 e. The molecule has 0 bridgehead atoms. The minimum absolute atomic E-state index is 0.00501. The second-order valence-corrected chi connectivity index (χ2v) is 7.69. The van der Waals surface area contributed by atoms with Gasteiger partial charge in [-0.05, 0) is 12.1 Å². The van der Waals surface area contributed by atoms with E-state index < -0.39 is 35.6 Å². The number of ether oxygens (including phenoxy) is 1. The molecule has 12 heteroatoms. The number of likely N-dealkylation sites (N-methyl/N-ethyl adjacent to an activating group) is 1. The van der Waals surface area contributed by atoms with E-state index in [-0.39, 0.29) is 29.9 Å². The van der Waals surface area contributed by atoms with Crippen LogP contribution in [0.15, 0.2) is 35.3 Å². The lowest BCUT2D eigenvalue weighted by Crippen LogP contribution is -2.79. The van der Waals surface area contributed by atoms with Crippen LogP contribution in [0, 0.1) is 0 Å². The van der Waals surface area contributed by atoms with Gasteiger partial charge in [-0.2, -0.15) is 0 Å². The summed E-state index contributed by atoms with van der Waals surface area (Å²) in [6.45, 7) is -0.167. The maximum atomic E-state index is 12.7. The van der Waals surface area contributed by atoms with Gasteiger partial charge in [0, 0.05) is 14.1 Å². The lowest BCUT2D eigenvalue weighted by Gasteiger charge is -2.43. The van der Waals surface area contributed by atoms with Crippen molar-refractivity contribution in [2.75, 3.05) is 20.6 Å². The molecule has 4 rings (SSSR count). The number of hydrogen-bond acceptors (Lipinski definition) is 10. The van der Waals surface area contributed by atoms with Crippen LogP contribution in [0.5, 0.6) is 0 Å². The molecule has 0 aliphatic carbocycles. The van der Waals surface area contributed by atoms with Crippen molar-refractivity contribution in [1.29, 1.82) is 0 Å². The van der Waals surface area contributed by atoms with Crippen LogP contribution in [0.1, 0.15) is 10.4 Å². The van der Waals surface area contributed by atoms with E-state index in [1.165, 1.54) is 9.48 Å². The molecule has 4 atom stereocenters. The molecule has 8 N–H and O–H groups in total. The Kier molecular flexibility index (Phi) is 4.36. The molecule has 3 aliphatic rings. The number of aliphatic hydroxyl groups is 2.